The number of rotatable bonds is 5. The summed E-state index contributed by atoms with van der Waals surface area (Å²) in [7, 11) is 0. The van der Waals surface area contributed by atoms with E-state index in [4.69, 9.17) is 4.74 Å². The van der Waals surface area contributed by atoms with Crippen molar-refractivity contribution in [3.8, 4) is 0 Å². The number of fused-ring (bicyclic) bond motifs is 1. The van der Waals surface area contributed by atoms with Gasteiger partial charge in [0.05, 0.1) is 12.7 Å². The van der Waals surface area contributed by atoms with Crippen molar-refractivity contribution in [2.45, 2.75) is 32.4 Å². The van der Waals surface area contributed by atoms with E-state index in [0.717, 1.165) is 31.4 Å². The van der Waals surface area contributed by atoms with Crippen molar-refractivity contribution in [2.24, 2.45) is 0 Å². The Morgan fingerprint density at radius 3 is 2.89 bits per heavy atom. The Morgan fingerprint density at radius 1 is 1.39 bits per heavy atom. The lowest BCUT2D eigenvalue weighted by Gasteiger charge is -2.33. The van der Waals surface area contributed by atoms with E-state index in [0.29, 0.717) is 6.04 Å². The highest BCUT2D eigenvalue weighted by Gasteiger charge is 2.23. The van der Waals surface area contributed by atoms with Crippen LogP contribution in [-0.4, -0.2) is 36.0 Å². The zero-order valence-electron chi connectivity index (χ0n) is 11.2. The Bertz CT molecular complexity index is 381. The van der Waals surface area contributed by atoms with E-state index in [1.807, 2.05) is 0 Å². The first-order chi connectivity index (χ1) is 8.72. The number of hydrogen-bond donors (Lipinski definition) is 0. The Kier molecular flexibility index (Phi) is 5.22. The van der Waals surface area contributed by atoms with Gasteiger partial charge in [-0.2, -0.15) is 0 Å². The molecule has 0 aliphatic carbocycles. The van der Waals surface area contributed by atoms with E-state index in [1.54, 1.807) is 0 Å². The minimum Gasteiger partial charge on any atom is -0.372 e. The van der Waals surface area contributed by atoms with Crippen LogP contribution in [0.4, 0.5) is 0 Å². The molecule has 0 aromatic heterocycles. The van der Waals surface area contributed by atoms with Crippen molar-refractivity contribution >= 4 is 15.9 Å². The van der Waals surface area contributed by atoms with Gasteiger partial charge in [0.2, 0.25) is 0 Å². The van der Waals surface area contributed by atoms with Crippen molar-refractivity contribution in [1.82, 2.24) is 4.90 Å². The third-order valence-corrected chi connectivity index (χ3v) is 3.95. The molecular weight excluding hydrogens is 290 g/mol. The van der Waals surface area contributed by atoms with Gasteiger partial charge in [-0.3, -0.25) is 4.90 Å². The summed E-state index contributed by atoms with van der Waals surface area (Å²) >= 11 is 3.53. The van der Waals surface area contributed by atoms with E-state index in [-0.39, 0.29) is 6.10 Å². The molecule has 2 rings (SSSR count). The fraction of sp³-hybridized carbons (Fsp3) is 0.600. The molecule has 1 unspecified atom stereocenters. The van der Waals surface area contributed by atoms with E-state index in [2.05, 4.69) is 58.9 Å². The minimum atomic E-state index is 0.233. The second kappa shape index (κ2) is 6.69. The summed E-state index contributed by atoms with van der Waals surface area (Å²) in [6.45, 7) is 7.40. The molecule has 0 spiro atoms. The van der Waals surface area contributed by atoms with Crippen molar-refractivity contribution in [3.05, 3.63) is 35.4 Å². The highest BCUT2D eigenvalue weighted by atomic mass is 79.9. The molecule has 0 bridgehead atoms. The average molecular weight is 312 g/mol. The first-order valence-electron chi connectivity index (χ1n) is 6.71. The normalized spacial score (nSPS) is 19.3. The van der Waals surface area contributed by atoms with Gasteiger partial charge in [0.15, 0.2) is 0 Å². The smallest absolute Gasteiger partial charge is 0.0954 e. The molecule has 0 saturated carbocycles. The van der Waals surface area contributed by atoms with Crippen LogP contribution >= 0.6 is 15.9 Å². The summed E-state index contributed by atoms with van der Waals surface area (Å²) in [6, 6.07) is 9.24. The number of hydrogen-bond acceptors (Lipinski definition) is 2. The summed E-state index contributed by atoms with van der Waals surface area (Å²) in [5.74, 6) is 0. The molecule has 0 radical (unpaired) electrons. The molecule has 100 valence electrons. The molecule has 1 atom stereocenters. The van der Waals surface area contributed by atoms with Crippen LogP contribution in [0, 0.1) is 0 Å². The maximum atomic E-state index is 5.97. The quantitative estimate of drug-likeness (QED) is 0.773. The Hall–Kier alpha value is -0.380. The summed E-state index contributed by atoms with van der Waals surface area (Å²) in [5, 5.41) is 1.01. The summed E-state index contributed by atoms with van der Waals surface area (Å²) < 4.78 is 5.97. The zero-order chi connectivity index (χ0) is 13.0. The van der Waals surface area contributed by atoms with Crippen molar-refractivity contribution in [3.63, 3.8) is 0 Å². The predicted octanol–water partition coefficient (Wildman–Crippen LogP) is 3.41. The van der Waals surface area contributed by atoms with Crippen molar-refractivity contribution < 1.29 is 4.74 Å². The van der Waals surface area contributed by atoms with Crippen LogP contribution in [0.25, 0.3) is 0 Å². The van der Waals surface area contributed by atoms with E-state index in [9.17, 15) is 0 Å². The molecule has 0 saturated heterocycles. The molecular formula is C15H22BrNO. The molecule has 1 aliphatic heterocycles. The Morgan fingerprint density at radius 2 is 2.17 bits per heavy atom. The standard InChI is InChI=1S/C15H22BrNO/c1-12(2)17(9-8-16)11-15-14-6-4-3-5-13(14)7-10-18-15/h3-6,12,15H,7-11H2,1-2H3. The lowest BCUT2D eigenvalue weighted by molar-refractivity contribution is 0.0108. The maximum absolute atomic E-state index is 5.97. The Labute approximate surface area is 118 Å². The van der Waals surface area contributed by atoms with Crippen LogP contribution in [0.1, 0.15) is 31.1 Å². The topological polar surface area (TPSA) is 12.5 Å². The average Bonchev–Trinajstić information content (AvgIpc) is 2.38. The molecule has 18 heavy (non-hydrogen) atoms. The third-order valence-electron chi connectivity index (χ3n) is 3.59. The minimum absolute atomic E-state index is 0.233. The molecule has 0 N–H and O–H groups in total. The van der Waals surface area contributed by atoms with Gasteiger partial charge in [-0.25, -0.2) is 0 Å². The van der Waals surface area contributed by atoms with Crippen LogP contribution in [0.2, 0.25) is 0 Å². The fourth-order valence-electron chi connectivity index (χ4n) is 2.51. The molecule has 1 heterocycles. The lowest BCUT2D eigenvalue weighted by atomic mass is 9.97. The first kappa shape index (κ1) is 14.0. The SMILES string of the molecule is CC(C)N(CCBr)CC1OCCc2ccccc21. The lowest BCUT2D eigenvalue weighted by Crippen LogP contribution is -2.38. The number of halogens is 1. The van der Waals surface area contributed by atoms with Gasteiger partial charge in [-0.1, -0.05) is 40.2 Å². The van der Waals surface area contributed by atoms with Crippen LogP contribution in [0.5, 0.6) is 0 Å². The number of benzene rings is 1. The van der Waals surface area contributed by atoms with Gasteiger partial charge < -0.3 is 4.74 Å². The third kappa shape index (κ3) is 3.34. The largest absolute Gasteiger partial charge is 0.372 e. The van der Waals surface area contributed by atoms with Crippen LogP contribution in [0.3, 0.4) is 0 Å². The monoisotopic (exact) mass is 311 g/mol. The van der Waals surface area contributed by atoms with E-state index in [1.165, 1.54) is 11.1 Å². The molecule has 2 nitrogen and oxygen atoms in total. The molecule has 1 aliphatic rings. The van der Waals surface area contributed by atoms with Gasteiger partial charge in [0.1, 0.15) is 0 Å². The summed E-state index contributed by atoms with van der Waals surface area (Å²) in [6.07, 6.45) is 1.28. The zero-order valence-corrected chi connectivity index (χ0v) is 12.8. The van der Waals surface area contributed by atoms with Gasteiger partial charge in [0.25, 0.3) is 0 Å². The van der Waals surface area contributed by atoms with Crippen molar-refractivity contribution in [2.75, 3.05) is 25.0 Å². The fourth-order valence-corrected chi connectivity index (χ4v) is 2.97. The molecule has 1 aromatic carbocycles. The predicted molar refractivity (Wildman–Crippen MR) is 79.3 cm³/mol. The number of alkyl halides is 1. The van der Waals surface area contributed by atoms with Gasteiger partial charge in [-0.15, -0.1) is 0 Å². The highest BCUT2D eigenvalue weighted by molar-refractivity contribution is 9.09. The van der Waals surface area contributed by atoms with Crippen LogP contribution in [-0.2, 0) is 11.2 Å². The Balaban J connectivity index is 2.10. The summed E-state index contributed by atoms with van der Waals surface area (Å²) in [5.41, 5.74) is 2.83. The van der Waals surface area contributed by atoms with Crippen LogP contribution < -0.4 is 0 Å². The van der Waals surface area contributed by atoms with E-state index < -0.39 is 0 Å². The molecule has 0 amide bonds. The van der Waals surface area contributed by atoms with Crippen LogP contribution in [0.15, 0.2) is 24.3 Å². The van der Waals surface area contributed by atoms with Gasteiger partial charge in [-0.05, 0) is 31.4 Å². The molecule has 1 aromatic rings. The van der Waals surface area contributed by atoms with Crippen molar-refractivity contribution in [1.29, 1.82) is 0 Å². The second-order valence-electron chi connectivity index (χ2n) is 5.09. The first-order valence-corrected chi connectivity index (χ1v) is 7.84. The molecule has 0 fully saturated rings. The molecule has 3 heteroatoms. The number of nitrogens with zero attached hydrogens (tertiary/aromatic N) is 1. The van der Waals surface area contributed by atoms with Gasteiger partial charge >= 0.3 is 0 Å². The second-order valence-corrected chi connectivity index (χ2v) is 5.88. The highest BCUT2D eigenvalue weighted by Crippen LogP contribution is 2.28. The number of ether oxygens (including phenoxy) is 1. The van der Waals surface area contributed by atoms with Gasteiger partial charge in [0, 0.05) is 24.5 Å². The van der Waals surface area contributed by atoms with E-state index >= 15 is 0 Å². The summed E-state index contributed by atoms with van der Waals surface area (Å²) in [4.78, 5) is 2.47. The maximum Gasteiger partial charge on any atom is 0.0954 e.